The molecule has 15 heteroatoms. The molecule has 10 atom stereocenters. The zero-order valence-corrected chi connectivity index (χ0v) is 42.1. The molecule has 0 bridgehead atoms. The monoisotopic (exact) mass is 1040 g/mol. The fraction of sp³-hybridized carbons (Fsp3) is 0.258. The predicted octanol–water partition coefficient (Wildman–Crippen LogP) is 9.39. The maximum absolute atomic E-state index is 14.5. The summed E-state index contributed by atoms with van der Waals surface area (Å²) in [5.41, 5.74) is 3.18. The average Bonchev–Trinajstić information content (AvgIpc) is 3.49. The quantitative estimate of drug-likeness (QED) is 0.0464. The van der Waals surface area contributed by atoms with Gasteiger partial charge in [-0.1, -0.05) is 164 Å². The van der Waals surface area contributed by atoms with Gasteiger partial charge >= 0.3 is 23.9 Å². The van der Waals surface area contributed by atoms with Crippen LogP contribution in [0, 0.1) is 0 Å². The first-order valence-corrected chi connectivity index (χ1v) is 25.2. The first-order valence-electron chi connectivity index (χ1n) is 25.2. The molecule has 2 aliphatic heterocycles. The van der Waals surface area contributed by atoms with Crippen LogP contribution in [-0.4, -0.2) is 106 Å². The Labute approximate surface area is 446 Å². The summed E-state index contributed by atoms with van der Waals surface area (Å²) < 4.78 is 71.9. The lowest BCUT2D eigenvalue weighted by molar-refractivity contribution is -0.365. The second-order valence-electron chi connectivity index (χ2n) is 18.1. The Morgan fingerprint density at radius 1 is 0.364 bits per heavy atom. The summed E-state index contributed by atoms with van der Waals surface area (Å²) in [4.78, 5) is 57.0. The van der Waals surface area contributed by atoms with Crippen molar-refractivity contribution in [2.45, 2.75) is 81.2 Å². The molecule has 0 N–H and O–H groups in total. The molecule has 0 radical (unpaired) electrons. The van der Waals surface area contributed by atoms with Gasteiger partial charge in [-0.25, -0.2) is 19.2 Å². The fourth-order valence-electron chi connectivity index (χ4n) is 8.92. The Bertz CT molecular complexity index is 2920. The highest BCUT2D eigenvalue weighted by molar-refractivity contribution is 5.91. The van der Waals surface area contributed by atoms with Crippen molar-refractivity contribution in [1.82, 2.24) is 0 Å². The molecule has 77 heavy (non-hydrogen) atoms. The summed E-state index contributed by atoms with van der Waals surface area (Å²) >= 11 is 0. The minimum absolute atomic E-state index is 0.0649. The molecule has 0 aromatic heterocycles. The predicted molar refractivity (Wildman–Crippen MR) is 279 cm³/mol. The van der Waals surface area contributed by atoms with Gasteiger partial charge in [0.15, 0.2) is 30.9 Å². The molecule has 7 aromatic carbocycles. The Morgan fingerprint density at radius 3 is 1.18 bits per heavy atom. The van der Waals surface area contributed by atoms with Crippen molar-refractivity contribution in [3.8, 4) is 0 Å². The molecule has 7 aromatic rings. The molecule has 2 aliphatic rings. The molecule has 2 heterocycles. The second kappa shape index (κ2) is 27.3. The summed E-state index contributed by atoms with van der Waals surface area (Å²) in [6.45, 7) is -0.312. The van der Waals surface area contributed by atoms with Gasteiger partial charge in [0.2, 0.25) is 0 Å². The van der Waals surface area contributed by atoms with E-state index in [-0.39, 0.29) is 48.7 Å². The van der Waals surface area contributed by atoms with Gasteiger partial charge < -0.3 is 52.1 Å². The average molecular weight is 1040 g/mol. The number of ether oxygens (including phenoxy) is 11. The maximum Gasteiger partial charge on any atom is 0.338 e. The van der Waals surface area contributed by atoms with Gasteiger partial charge in [-0.05, 0) is 65.2 Å². The number of methoxy groups -OCH3 is 1. The normalized spacial score (nSPS) is 23.0. The van der Waals surface area contributed by atoms with Crippen molar-refractivity contribution in [1.29, 1.82) is 0 Å². The Hall–Kier alpha value is -7.86. The topological polar surface area (TPSA) is 170 Å². The molecule has 396 valence electrons. The lowest BCUT2D eigenvalue weighted by Crippen LogP contribution is -2.67. The molecule has 6 unspecified atom stereocenters. The Morgan fingerprint density at radius 2 is 0.727 bits per heavy atom. The smallest absolute Gasteiger partial charge is 0.338 e. The molecule has 9 rings (SSSR count). The molecule has 0 amide bonds. The summed E-state index contributed by atoms with van der Waals surface area (Å²) in [5, 5.41) is 0. The third-order valence-electron chi connectivity index (χ3n) is 12.8. The number of carbonyl (C=O) groups excluding carboxylic acids is 4. The molecule has 15 nitrogen and oxygen atoms in total. The van der Waals surface area contributed by atoms with Crippen LogP contribution in [0.5, 0.6) is 0 Å². The van der Waals surface area contributed by atoms with Crippen LogP contribution in [0.25, 0.3) is 0 Å². The molecule has 2 saturated heterocycles. The van der Waals surface area contributed by atoms with Crippen molar-refractivity contribution in [3.05, 3.63) is 251 Å². The molecule has 0 spiro atoms. The van der Waals surface area contributed by atoms with Crippen molar-refractivity contribution >= 4 is 23.9 Å². The van der Waals surface area contributed by atoms with E-state index in [0.717, 1.165) is 16.7 Å². The number of esters is 4. The van der Waals surface area contributed by atoms with Crippen LogP contribution < -0.4 is 0 Å². The highest BCUT2D eigenvalue weighted by Crippen LogP contribution is 2.37. The molecular formula is C62H58O15. The lowest BCUT2D eigenvalue weighted by Gasteiger charge is -2.49. The summed E-state index contributed by atoms with van der Waals surface area (Å²) in [6, 6.07) is 61.3. The molecule has 2 fully saturated rings. The van der Waals surface area contributed by atoms with E-state index < -0.39 is 91.9 Å². The van der Waals surface area contributed by atoms with Gasteiger partial charge in [-0.3, -0.25) is 0 Å². The van der Waals surface area contributed by atoms with Crippen LogP contribution >= 0.6 is 0 Å². The van der Waals surface area contributed by atoms with Gasteiger partial charge in [0.05, 0.1) is 48.7 Å². The SMILES string of the molecule is CO[C@H]1OC(COCc2ccccc2)[C@@H](O[C@@H]2OC(COC(=O)c3ccccc3)[C@@H](OC(=O)c3ccccc3)C(OC(=O)c3ccccc3)C2OC(=O)c2ccccc2)C(OCc2ccccc2)C1OCc1ccccc1. The van der Waals surface area contributed by atoms with E-state index in [4.69, 9.17) is 52.1 Å². The van der Waals surface area contributed by atoms with E-state index >= 15 is 0 Å². The maximum atomic E-state index is 14.5. The summed E-state index contributed by atoms with van der Waals surface area (Å²) in [7, 11) is 1.49. The van der Waals surface area contributed by atoms with E-state index in [1.165, 1.54) is 7.11 Å². The van der Waals surface area contributed by atoms with Crippen LogP contribution in [-0.2, 0) is 71.9 Å². The zero-order valence-electron chi connectivity index (χ0n) is 42.1. The highest BCUT2D eigenvalue weighted by atomic mass is 16.8. The first-order chi connectivity index (χ1) is 37.8. The van der Waals surface area contributed by atoms with Gasteiger partial charge in [0.1, 0.15) is 37.1 Å². The van der Waals surface area contributed by atoms with Crippen molar-refractivity contribution in [2.24, 2.45) is 0 Å². The summed E-state index contributed by atoms with van der Waals surface area (Å²) in [5.74, 6) is -3.31. The zero-order chi connectivity index (χ0) is 53.2. The van der Waals surface area contributed by atoms with Crippen molar-refractivity contribution in [2.75, 3.05) is 20.3 Å². The van der Waals surface area contributed by atoms with E-state index in [9.17, 15) is 19.2 Å². The minimum Gasteiger partial charge on any atom is -0.459 e. The molecule has 0 aliphatic carbocycles. The summed E-state index contributed by atoms with van der Waals surface area (Å²) in [6.07, 6.45) is -13.6. The van der Waals surface area contributed by atoms with Crippen LogP contribution in [0.1, 0.15) is 58.1 Å². The van der Waals surface area contributed by atoms with Gasteiger partial charge in [0.25, 0.3) is 0 Å². The van der Waals surface area contributed by atoms with Gasteiger partial charge in [-0.2, -0.15) is 0 Å². The number of carbonyl (C=O) groups is 4. The Kier molecular flexibility index (Phi) is 19.1. The third kappa shape index (κ3) is 14.5. The number of hydrogen-bond donors (Lipinski definition) is 0. The third-order valence-corrected chi connectivity index (χ3v) is 12.8. The molecule has 0 saturated carbocycles. The fourth-order valence-corrected chi connectivity index (χ4v) is 8.92. The Balaban J connectivity index is 1.16. The van der Waals surface area contributed by atoms with Crippen LogP contribution in [0.15, 0.2) is 212 Å². The van der Waals surface area contributed by atoms with E-state index in [0.29, 0.717) is 0 Å². The van der Waals surface area contributed by atoms with Crippen LogP contribution in [0.4, 0.5) is 0 Å². The minimum atomic E-state index is -1.73. The van der Waals surface area contributed by atoms with Crippen LogP contribution in [0.3, 0.4) is 0 Å². The molecular weight excluding hydrogens is 985 g/mol. The first kappa shape index (κ1) is 53.9. The van der Waals surface area contributed by atoms with Gasteiger partial charge in [0, 0.05) is 7.11 Å². The van der Waals surface area contributed by atoms with E-state index in [1.54, 1.807) is 121 Å². The highest BCUT2D eigenvalue weighted by Gasteiger charge is 2.57. The van der Waals surface area contributed by atoms with E-state index in [2.05, 4.69) is 0 Å². The van der Waals surface area contributed by atoms with Crippen LogP contribution in [0.2, 0.25) is 0 Å². The number of rotatable bonds is 22. The van der Waals surface area contributed by atoms with Crippen molar-refractivity contribution < 1.29 is 71.3 Å². The van der Waals surface area contributed by atoms with Gasteiger partial charge in [-0.15, -0.1) is 0 Å². The largest absolute Gasteiger partial charge is 0.459 e. The van der Waals surface area contributed by atoms with E-state index in [1.807, 2.05) is 91.0 Å². The number of hydrogen-bond acceptors (Lipinski definition) is 15. The number of benzene rings is 7. The van der Waals surface area contributed by atoms with Crippen molar-refractivity contribution in [3.63, 3.8) is 0 Å². The second-order valence-corrected chi connectivity index (χ2v) is 18.1. The lowest BCUT2D eigenvalue weighted by atomic mass is 9.95. The standard InChI is InChI=1S/C62H58O15/c1-67-61-55(70-39-44-27-13-4-14-28-44)53(69-38-43-25-11-3-12-26-43)51(49(72-61)40-68-37-42-23-9-2-10-24-42)77-62-56(76-60(66)48-35-21-8-22-36-48)54(75-59(65)47-33-19-7-20-34-47)52(74-58(64)46-31-17-6-18-32-46)50(73-62)41-71-57(63)45-29-15-5-16-30-45/h2-36,49-56,61-62H,37-41H2,1H3/t49?,50?,51-,52-,53?,54?,55?,56?,61+,62+/m1/s1.